The maximum atomic E-state index is 12.7. The van der Waals surface area contributed by atoms with E-state index in [0.29, 0.717) is 23.7 Å². The van der Waals surface area contributed by atoms with Gasteiger partial charge in [0.05, 0.1) is 18.1 Å². The fourth-order valence-corrected chi connectivity index (χ4v) is 5.13. The SMILES string of the molecule is COCCNC(=O)c1c(NC(=O)COC(=O)C2CCCC2)sc2c1CCCC2. The number of amides is 2. The second kappa shape index (κ2) is 10.0. The lowest BCUT2D eigenvalue weighted by molar-refractivity contribution is -0.151. The molecule has 0 saturated heterocycles. The minimum absolute atomic E-state index is 0.0797. The van der Waals surface area contributed by atoms with Crippen LogP contribution in [0, 0.1) is 5.92 Å². The Labute approximate surface area is 169 Å². The topological polar surface area (TPSA) is 93.7 Å². The monoisotopic (exact) mass is 408 g/mol. The Kier molecular flexibility index (Phi) is 7.44. The first-order chi connectivity index (χ1) is 13.6. The maximum absolute atomic E-state index is 12.7. The van der Waals surface area contributed by atoms with Crippen molar-refractivity contribution in [3.05, 3.63) is 16.0 Å². The molecule has 0 radical (unpaired) electrons. The van der Waals surface area contributed by atoms with E-state index in [9.17, 15) is 14.4 Å². The molecule has 8 heteroatoms. The summed E-state index contributed by atoms with van der Waals surface area (Å²) in [5.41, 5.74) is 1.58. The number of hydrogen-bond donors (Lipinski definition) is 2. The van der Waals surface area contributed by atoms with E-state index in [1.54, 1.807) is 7.11 Å². The molecule has 0 unspecified atom stereocenters. The van der Waals surface area contributed by atoms with Crippen molar-refractivity contribution in [1.82, 2.24) is 5.32 Å². The molecule has 2 aliphatic rings. The second-order valence-corrected chi connectivity index (χ2v) is 8.41. The van der Waals surface area contributed by atoms with Crippen molar-refractivity contribution in [1.29, 1.82) is 0 Å². The van der Waals surface area contributed by atoms with E-state index in [1.807, 2.05) is 0 Å². The van der Waals surface area contributed by atoms with E-state index < -0.39 is 5.91 Å². The van der Waals surface area contributed by atoms with E-state index in [1.165, 1.54) is 11.3 Å². The normalized spacial score (nSPS) is 16.5. The van der Waals surface area contributed by atoms with Gasteiger partial charge in [-0.15, -0.1) is 11.3 Å². The highest BCUT2D eigenvalue weighted by molar-refractivity contribution is 7.17. The molecule has 1 aromatic rings. The zero-order chi connectivity index (χ0) is 19.9. The van der Waals surface area contributed by atoms with Gasteiger partial charge in [-0.25, -0.2) is 0 Å². The molecule has 0 spiro atoms. The van der Waals surface area contributed by atoms with E-state index in [4.69, 9.17) is 9.47 Å². The summed E-state index contributed by atoms with van der Waals surface area (Å²) in [4.78, 5) is 38.2. The fraction of sp³-hybridized carbons (Fsp3) is 0.650. The van der Waals surface area contributed by atoms with Crippen LogP contribution in [0.2, 0.25) is 0 Å². The molecule has 1 heterocycles. The Morgan fingerprint density at radius 3 is 2.61 bits per heavy atom. The number of nitrogens with one attached hydrogen (secondary N) is 2. The number of esters is 1. The lowest BCUT2D eigenvalue weighted by Crippen LogP contribution is -2.29. The summed E-state index contributed by atoms with van der Waals surface area (Å²) in [6, 6.07) is 0. The number of ether oxygens (including phenoxy) is 2. The highest BCUT2D eigenvalue weighted by Gasteiger charge is 2.27. The molecular formula is C20H28N2O5S. The van der Waals surface area contributed by atoms with E-state index >= 15 is 0 Å². The summed E-state index contributed by atoms with van der Waals surface area (Å²) in [5.74, 6) is -0.981. The van der Waals surface area contributed by atoms with Crippen LogP contribution < -0.4 is 10.6 Å². The predicted molar refractivity (Wildman–Crippen MR) is 107 cm³/mol. The number of thiophene rings is 1. The first-order valence-corrected chi connectivity index (χ1v) is 10.8. The minimum Gasteiger partial charge on any atom is -0.455 e. The number of aryl methyl sites for hydroxylation is 1. The molecule has 0 aliphatic heterocycles. The Hall–Kier alpha value is -1.93. The number of carbonyl (C=O) groups is 3. The molecule has 2 N–H and O–H groups in total. The van der Waals surface area contributed by atoms with Gasteiger partial charge in [-0.05, 0) is 44.1 Å². The van der Waals surface area contributed by atoms with Crippen LogP contribution in [-0.2, 0) is 31.9 Å². The van der Waals surface area contributed by atoms with Gasteiger partial charge in [-0.2, -0.15) is 0 Å². The van der Waals surface area contributed by atoms with Gasteiger partial charge in [0.2, 0.25) is 0 Å². The average Bonchev–Trinajstić information content (AvgIpc) is 3.34. The number of anilines is 1. The fourth-order valence-electron chi connectivity index (χ4n) is 3.83. The van der Waals surface area contributed by atoms with E-state index in [-0.39, 0.29) is 24.4 Å². The predicted octanol–water partition coefficient (Wildman–Crippen LogP) is 2.68. The van der Waals surface area contributed by atoms with Crippen LogP contribution in [0.25, 0.3) is 0 Å². The van der Waals surface area contributed by atoms with Crippen LogP contribution in [0.15, 0.2) is 0 Å². The Balaban J connectivity index is 1.64. The lowest BCUT2D eigenvalue weighted by Gasteiger charge is -2.13. The summed E-state index contributed by atoms with van der Waals surface area (Å²) in [6.07, 6.45) is 7.63. The van der Waals surface area contributed by atoms with Crippen molar-refractivity contribution in [2.24, 2.45) is 5.92 Å². The Morgan fingerprint density at radius 1 is 1.11 bits per heavy atom. The summed E-state index contributed by atoms with van der Waals surface area (Å²) < 4.78 is 10.2. The molecule has 1 aromatic heterocycles. The smallest absolute Gasteiger partial charge is 0.309 e. The highest BCUT2D eigenvalue weighted by atomic mass is 32.1. The maximum Gasteiger partial charge on any atom is 0.309 e. The number of hydrogen-bond acceptors (Lipinski definition) is 6. The van der Waals surface area contributed by atoms with Crippen LogP contribution >= 0.6 is 11.3 Å². The van der Waals surface area contributed by atoms with Crippen LogP contribution in [-0.4, -0.2) is 44.7 Å². The van der Waals surface area contributed by atoms with Gasteiger partial charge in [0.1, 0.15) is 5.00 Å². The van der Waals surface area contributed by atoms with E-state index in [2.05, 4.69) is 10.6 Å². The second-order valence-electron chi connectivity index (χ2n) is 7.30. The summed E-state index contributed by atoms with van der Waals surface area (Å²) in [6.45, 7) is 0.520. The summed E-state index contributed by atoms with van der Waals surface area (Å²) >= 11 is 1.45. The molecule has 28 heavy (non-hydrogen) atoms. The zero-order valence-corrected chi connectivity index (χ0v) is 17.1. The standard InChI is InChI=1S/C20H28N2O5S/c1-26-11-10-21-18(24)17-14-8-4-5-9-15(14)28-19(17)22-16(23)12-27-20(25)13-6-2-3-7-13/h13H,2-12H2,1H3,(H,21,24)(H,22,23). The van der Waals surface area contributed by atoms with E-state index in [0.717, 1.165) is 61.8 Å². The van der Waals surface area contributed by atoms with Crippen LogP contribution in [0.1, 0.15) is 59.3 Å². The molecule has 0 bridgehead atoms. The molecule has 0 aromatic carbocycles. The third kappa shape index (κ3) is 5.11. The first-order valence-electron chi connectivity index (χ1n) is 9.98. The van der Waals surface area contributed by atoms with Gasteiger partial charge >= 0.3 is 5.97 Å². The third-order valence-corrected chi connectivity index (χ3v) is 6.48. The third-order valence-electron chi connectivity index (χ3n) is 5.28. The van der Waals surface area contributed by atoms with Crippen molar-refractivity contribution < 1.29 is 23.9 Å². The minimum atomic E-state index is -0.407. The van der Waals surface area contributed by atoms with Gasteiger partial charge in [-0.3, -0.25) is 14.4 Å². The van der Waals surface area contributed by atoms with Crippen LogP contribution in [0.5, 0.6) is 0 Å². The largest absolute Gasteiger partial charge is 0.455 e. The van der Waals surface area contributed by atoms with Crippen molar-refractivity contribution in [3.8, 4) is 0 Å². The number of fused-ring (bicyclic) bond motifs is 1. The molecule has 2 aliphatic carbocycles. The molecule has 7 nitrogen and oxygen atoms in total. The van der Waals surface area contributed by atoms with Gasteiger partial charge < -0.3 is 20.1 Å². The van der Waals surface area contributed by atoms with Crippen LogP contribution in [0.3, 0.4) is 0 Å². The number of rotatable bonds is 8. The van der Waals surface area contributed by atoms with Gasteiger partial charge in [-0.1, -0.05) is 12.8 Å². The van der Waals surface area contributed by atoms with Crippen molar-refractivity contribution in [2.75, 3.05) is 32.2 Å². The lowest BCUT2D eigenvalue weighted by atomic mass is 9.95. The highest BCUT2D eigenvalue weighted by Crippen LogP contribution is 2.38. The molecule has 0 atom stereocenters. The molecule has 1 fully saturated rings. The van der Waals surface area contributed by atoms with Crippen LogP contribution in [0.4, 0.5) is 5.00 Å². The quantitative estimate of drug-likeness (QED) is 0.509. The van der Waals surface area contributed by atoms with Crippen molar-refractivity contribution in [2.45, 2.75) is 51.4 Å². The molecular weight excluding hydrogens is 380 g/mol. The Morgan fingerprint density at radius 2 is 1.86 bits per heavy atom. The molecule has 3 rings (SSSR count). The first kappa shape index (κ1) is 20.8. The summed E-state index contributed by atoms with van der Waals surface area (Å²) in [5, 5.41) is 6.18. The zero-order valence-electron chi connectivity index (χ0n) is 16.3. The average molecular weight is 409 g/mol. The van der Waals surface area contributed by atoms with Gasteiger partial charge in [0, 0.05) is 18.5 Å². The van der Waals surface area contributed by atoms with Crippen molar-refractivity contribution >= 4 is 34.1 Å². The number of carbonyl (C=O) groups excluding carboxylic acids is 3. The molecule has 2 amide bonds. The molecule has 154 valence electrons. The number of methoxy groups -OCH3 is 1. The van der Waals surface area contributed by atoms with Gasteiger partial charge in [0.15, 0.2) is 6.61 Å². The Bertz CT molecular complexity index is 724. The summed E-state index contributed by atoms with van der Waals surface area (Å²) in [7, 11) is 1.58. The van der Waals surface area contributed by atoms with Gasteiger partial charge in [0.25, 0.3) is 11.8 Å². The molecule has 1 saturated carbocycles. The van der Waals surface area contributed by atoms with Crippen molar-refractivity contribution in [3.63, 3.8) is 0 Å².